The van der Waals surface area contributed by atoms with Crippen LogP contribution in [0.25, 0.3) is 0 Å². The molecule has 2 rings (SSSR count). The van der Waals surface area contributed by atoms with Gasteiger partial charge in [0.1, 0.15) is 12.1 Å². The van der Waals surface area contributed by atoms with Crippen LogP contribution in [0.15, 0.2) is 0 Å². The summed E-state index contributed by atoms with van der Waals surface area (Å²) in [5, 5.41) is 2.68. The van der Waals surface area contributed by atoms with Crippen LogP contribution >= 0.6 is 0 Å². The van der Waals surface area contributed by atoms with Crippen molar-refractivity contribution >= 4 is 6.09 Å². The topological polar surface area (TPSA) is 47.6 Å². The lowest BCUT2D eigenvalue weighted by atomic mass is 10.0. The predicted octanol–water partition coefficient (Wildman–Crippen LogP) is -0.505. The zero-order valence-electron chi connectivity index (χ0n) is 4.85. The molecule has 9 heavy (non-hydrogen) atoms. The van der Waals surface area contributed by atoms with Crippen LogP contribution in [0.2, 0.25) is 0 Å². The molecule has 0 atom stereocenters. The minimum absolute atomic E-state index is 0.156. The van der Waals surface area contributed by atoms with Gasteiger partial charge in [0, 0.05) is 0 Å². The highest BCUT2D eigenvalue weighted by atomic mass is 16.6. The van der Waals surface area contributed by atoms with E-state index in [0.717, 1.165) is 0 Å². The molecule has 4 nitrogen and oxygen atoms in total. The zero-order chi connectivity index (χ0) is 6.32. The summed E-state index contributed by atoms with van der Waals surface area (Å²) in [5.41, 5.74) is -0.156. The summed E-state index contributed by atoms with van der Waals surface area (Å²) < 4.78 is 9.59. The Morgan fingerprint density at radius 2 is 2.22 bits per heavy atom. The number of carbonyl (C=O) groups is 1. The van der Waals surface area contributed by atoms with Crippen molar-refractivity contribution in [2.45, 2.75) is 5.54 Å². The number of nitrogens with one attached hydrogen (secondary N) is 1. The maximum absolute atomic E-state index is 10.5. The van der Waals surface area contributed by atoms with Crippen LogP contribution in [0, 0.1) is 0 Å². The standard InChI is InChI=1S/C5H7NO3/c7-4-6-5(3-9-4)1-8-2-5/h1-3H2,(H,6,7). The second-order valence-electron chi connectivity index (χ2n) is 2.47. The lowest BCUT2D eigenvalue weighted by molar-refractivity contribution is -0.0670. The molecule has 0 aromatic rings. The van der Waals surface area contributed by atoms with Gasteiger partial charge < -0.3 is 14.8 Å². The summed E-state index contributed by atoms with van der Waals surface area (Å²) >= 11 is 0. The first-order valence-electron chi connectivity index (χ1n) is 2.83. The molecule has 0 aromatic carbocycles. The maximum atomic E-state index is 10.5. The van der Waals surface area contributed by atoms with E-state index in [-0.39, 0.29) is 11.6 Å². The monoisotopic (exact) mass is 129 g/mol. The Bertz CT molecular complexity index is 152. The van der Waals surface area contributed by atoms with Crippen molar-refractivity contribution < 1.29 is 14.3 Å². The zero-order valence-corrected chi connectivity index (χ0v) is 4.85. The van der Waals surface area contributed by atoms with Gasteiger partial charge in [-0.15, -0.1) is 0 Å². The second-order valence-corrected chi connectivity index (χ2v) is 2.47. The molecule has 1 spiro atoms. The SMILES string of the molecule is O=C1NC2(COC2)CO1. The molecule has 2 fully saturated rings. The van der Waals surface area contributed by atoms with Crippen molar-refractivity contribution in [1.82, 2.24) is 5.32 Å². The average Bonchev–Trinajstić information content (AvgIpc) is 2.09. The van der Waals surface area contributed by atoms with Gasteiger partial charge in [-0.25, -0.2) is 4.79 Å². The van der Waals surface area contributed by atoms with Gasteiger partial charge in [-0.05, 0) is 0 Å². The largest absolute Gasteiger partial charge is 0.447 e. The van der Waals surface area contributed by atoms with Crippen LogP contribution in [0.1, 0.15) is 0 Å². The van der Waals surface area contributed by atoms with E-state index in [0.29, 0.717) is 19.8 Å². The molecule has 50 valence electrons. The molecule has 2 aliphatic rings. The van der Waals surface area contributed by atoms with Crippen molar-refractivity contribution in [1.29, 1.82) is 0 Å². The Morgan fingerprint density at radius 3 is 2.44 bits per heavy atom. The highest BCUT2D eigenvalue weighted by Crippen LogP contribution is 2.21. The van der Waals surface area contributed by atoms with Gasteiger partial charge in [-0.1, -0.05) is 0 Å². The molecule has 0 aliphatic carbocycles. The van der Waals surface area contributed by atoms with Gasteiger partial charge in [0.25, 0.3) is 0 Å². The molecule has 0 saturated carbocycles. The summed E-state index contributed by atoms with van der Waals surface area (Å²) in [7, 11) is 0. The van der Waals surface area contributed by atoms with E-state index in [1.165, 1.54) is 0 Å². The maximum Gasteiger partial charge on any atom is 0.407 e. The van der Waals surface area contributed by atoms with E-state index in [9.17, 15) is 4.79 Å². The Morgan fingerprint density at radius 1 is 1.44 bits per heavy atom. The highest BCUT2D eigenvalue weighted by molar-refractivity contribution is 5.71. The fourth-order valence-electron chi connectivity index (χ4n) is 0.996. The fourth-order valence-corrected chi connectivity index (χ4v) is 0.996. The first-order chi connectivity index (χ1) is 4.31. The number of hydrogen-bond donors (Lipinski definition) is 1. The number of hydrogen-bond acceptors (Lipinski definition) is 3. The van der Waals surface area contributed by atoms with Crippen LogP contribution in [-0.4, -0.2) is 31.5 Å². The molecule has 0 bridgehead atoms. The first kappa shape index (κ1) is 5.05. The van der Waals surface area contributed by atoms with Crippen LogP contribution in [0.5, 0.6) is 0 Å². The van der Waals surface area contributed by atoms with Crippen LogP contribution in [0.3, 0.4) is 0 Å². The van der Waals surface area contributed by atoms with Crippen molar-refractivity contribution in [3.05, 3.63) is 0 Å². The van der Waals surface area contributed by atoms with Crippen molar-refractivity contribution in [2.75, 3.05) is 19.8 Å². The molecule has 2 heterocycles. The summed E-state index contributed by atoms with van der Waals surface area (Å²) in [4.78, 5) is 10.5. The molecule has 1 amide bonds. The summed E-state index contributed by atoms with van der Waals surface area (Å²) in [5.74, 6) is 0. The van der Waals surface area contributed by atoms with Gasteiger partial charge in [-0.3, -0.25) is 0 Å². The molecule has 1 N–H and O–H groups in total. The normalized spacial score (nSPS) is 29.1. The number of ether oxygens (including phenoxy) is 2. The third-order valence-electron chi connectivity index (χ3n) is 1.60. The van der Waals surface area contributed by atoms with Crippen LogP contribution in [0.4, 0.5) is 4.79 Å². The third kappa shape index (κ3) is 0.595. The van der Waals surface area contributed by atoms with Crippen LogP contribution < -0.4 is 5.32 Å². The number of alkyl carbamates (subject to hydrolysis) is 1. The second kappa shape index (κ2) is 1.39. The third-order valence-corrected chi connectivity index (χ3v) is 1.60. The van der Waals surface area contributed by atoms with Gasteiger partial charge >= 0.3 is 6.09 Å². The number of rotatable bonds is 0. The Balaban J connectivity index is 2.07. The van der Waals surface area contributed by atoms with E-state index >= 15 is 0 Å². The quantitative estimate of drug-likeness (QED) is 0.479. The van der Waals surface area contributed by atoms with Gasteiger partial charge in [-0.2, -0.15) is 0 Å². The molecule has 0 aromatic heterocycles. The van der Waals surface area contributed by atoms with Crippen molar-refractivity contribution in [3.8, 4) is 0 Å². The van der Waals surface area contributed by atoms with Gasteiger partial charge in [0.15, 0.2) is 0 Å². The molecule has 0 unspecified atom stereocenters. The lowest BCUT2D eigenvalue weighted by Crippen LogP contribution is -2.59. The lowest BCUT2D eigenvalue weighted by Gasteiger charge is -2.34. The molecule has 0 radical (unpaired) electrons. The van der Waals surface area contributed by atoms with E-state index in [1.807, 2.05) is 0 Å². The van der Waals surface area contributed by atoms with E-state index in [2.05, 4.69) is 10.1 Å². The average molecular weight is 129 g/mol. The Hall–Kier alpha value is -0.770. The minimum atomic E-state index is -0.321. The van der Waals surface area contributed by atoms with Gasteiger partial charge in [0.05, 0.1) is 13.2 Å². The van der Waals surface area contributed by atoms with Crippen molar-refractivity contribution in [3.63, 3.8) is 0 Å². The summed E-state index contributed by atoms with van der Waals surface area (Å²) in [6, 6.07) is 0. The van der Waals surface area contributed by atoms with E-state index in [1.54, 1.807) is 0 Å². The molecular formula is C5H7NO3. The smallest absolute Gasteiger partial charge is 0.407 e. The molecule has 2 aliphatic heterocycles. The number of amides is 1. The molecule has 4 heteroatoms. The number of cyclic esters (lactones) is 1. The first-order valence-corrected chi connectivity index (χ1v) is 2.83. The molecular weight excluding hydrogens is 122 g/mol. The van der Waals surface area contributed by atoms with Crippen LogP contribution in [-0.2, 0) is 9.47 Å². The van der Waals surface area contributed by atoms with E-state index < -0.39 is 0 Å². The summed E-state index contributed by atoms with van der Waals surface area (Å²) in [6.45, 7) is 1.66. The Kier molecular flexibility index (Phi) is 0.778. The van der Waals surface area contributed by atoms with Gasteiger partial charge in [0.2, 0.25) is 0 Å². The fraction of sp³-hybridized carbons (Fsp3) is 0.800. The predicted molar refractivity (Wildman–Crippen MR) is 28.0 cm³/mol. The molecule has 2 saturated heterocycles. The van der Waals surface area contributed by atoms with E-state index in [4.69, 9.17) is 4.74 Å². The van der Waals surface area contributed by atoms with Crippen molar-refractivity contribution in [2.24, 2.45) is 0 Å². The Labute approximate surface area is 52.1 Å². The highest BCUT2D eigenvalue weighted by Gasteiger charge is 2.46. The number of carbonyl (C=O) groups excluding carboxylic acids is 1. The minimum Gasteiger partial charge on any atom is -0.447 e. The summed E-state index contributed by atoms with van der Waals surface area (Å²) in [6.07, 6.45) is -0.321.